The van der Waals surface area contributed by atoms with Gasteiger partial charge in [0.15, 0.2) is 0 Å². The van der Waals surface area contributed by atoms with Crippen molar-refractivity contribution in [3.05, 3.63) is 414 Å². The summed E-state index contributed by atoms with van der Waals surface area (Å²) >= 11 is 3.58. The molecule has 0 spiro atoms. The molecule has 0 unspecified atom stereocenters. The van der Waals surface area contributed by atoms with Crippen LogP contribution in [0, 0.1) is 0 Å². The summed E-state index contributed by atoms with van der Waals surface area (Å²) in [6.45, 7) is 9.37. The Kier molecular flexibility index (Phi) is 17.5. The van der Waals surface area contributed by atoms with E-state index >= 15 is 0 Å². The summed E-state index contributed by atoms with van der Waals surface area (Å²) < 4.78 is 1.12. The summed E-state index contributed by atoms with van der Waals surface area (Å²) in [4.78, 5) is 2.39. The summed E-state index contributed by atoms with van der Waals surface area (Å²) in [5.41, 5.74) is 32.1. The van der Waals surface area contributed by atoms with Crippen LogP contribution in [0.5, 0.6) is 0 Å². The lowest BCUT2D eigenvalue weighted by Crippen LogP contribution is -2.14. The number of anilines is 3. The average molecular weight is 1360 g/mol. The van der Waals surface area contributed by atoms with Crippen LogP contribution in [0.3, 0.4) is 0 Å². The van der Waals surface area contributed by atoms with Crippen LogP contribution < -0.4 is 4.90 Å². The number of fused-ring (bicyclic) bond motifs is 8. The van der Waals surface area contributed by atoms with Crippen LogP contribution in [-0.4, -0.2) is 0 Å². The zero-order valence-electron chi connectivity index (χ0n) is 57.3. The van der Waals surface area contributed by atoms with Gasteiger partial charge in [0.25, 0.3) is 0 Å². The van der Waals surface area contributed by atoms with Gasteiger partial charge in [0.1, 0.15) is 0 Å². The molecule has 0 amide bonds. The molecular formula is C99H76BrN. The van der Waals surface area contributed by atoms with E-state index < -0.39 is 0 Å². The van der Waals surface area contributed by atoms with Crippen molar-refractivity contribution in [3.8, 4) is 89.0 Å². The number of rotatable bonds is 11. The van der Waals surface area contributed by atoms with Crippen LogP contribution in [0.2, 0.25) is 0 Å². The number of hydrogen-bond donors (Lipinski definition) is 0. The molecule has 484 valence electrons. The second kappa shape index (κ2) is 27.6. The molecule has 0 heterocycles. The van der Waals surface area contributed by atoms with E-state index in [0.717, 1.165) is 28.0 Å². The molecule has 0 aromatic heterocycles. The Balaban J connectivity index is 0.000000133. The number of nitrogens with zero attached hydrogens (tertiary/aromatic N) is 1. The van der Waals surface area contributed by atoms with Crippen LogP contribution in [-0.2, 0) is 17.3 Å². The lowest BCUT2D eigenvalue weighted by atomic mass is 9.81. The summed E-state index contributed by atoms with van der Waals surface area (Å²) in [5.74, 6) is 0. The van der Waals surface area contributed by atoms with Crippen molar-refractivity contribution in [3.63, 3.8) is 0 Å². The first kappa shape index (κ1) is 64.0. The maximum Gasteiger partial charge on any atom is 0.0474 e. The topological polar surface area (TPSA) is 3.24 Å². The minimum Gasteiger partial charge on any atom is -0.310 e. The maximum atomic E-state index is 3.58. The van der Waals surface area contributed by atoms with E-state index in [1.165, 1.54) is 144 Å². The second-order valence-electron chi connectivity index (χ2n) is 27.7. The van der Waals surface area contributed by atoms with E-state index in [9.17, 15) is 0 Å². The molecule has 2 aliphatic rings. The number of benzene rings is 16. The number of hydrogen-bond acceptors (Lipinski definition) is 1. The third-order valence-electron chi connectivity index (χ3n) is 20.7. The van der Waals surface area contributed by atoms with E-state index in [0.29, 0.717) is 0 Å². The summed E-state index contributed by atoms with van der Waals surface area (Å²) in [6.07, 6.45) is 0.946. The Bertz CT molecular complexity index is 5620. The molecule has 0 N–H and O–H groups in total. The average Bonchev–Trinajstić information content (AvgIpc) is 1.60. The number of halogens is 1. The van der Waals surface area contributed by atoms with Crippen LogP contribution in [0.15, 0.2) is 381 Å². The standard InChI is InChI=1S/C49H37N.C34H28.C16H11Br/c1-49(2)47-20-12-11-19-44(47)45-30-25-38(32-48(45)49)36-23-28-41(29-24-36)50(40-26-21-35(22-27-40)34-13-5-3-6-14-34)42-31-39-17-9-10-18-43(39)46(33-42)37-15-7-4-8-16-37;1-34(2)32-11-7-6-10-30(32)31-21-20-29(23-33(31)34)28-18-14-25(15-19-28)22-24-12-16-27(17-13-24)26-8-4-3-5-9-26;17-14-10-13-8-4-5-9-15(13)16(11-14)12-6-2-1-3-7-12/h3-33H,1-2H3;3-21,23H,22H2,1-2H3;1-11H. The highest BCUT2D eigenvalue weighted by Crippen LogP contribution is 2.52. The monoisotopic (exact) mass is 1360 g/mol. The SMILES string of the molecule is Brc1cc(-c2ccccc2)c2ccccc2c1.CC1(C)c2ccccc2-c2ccc(-c3ccc(Cc4ccc(-c5ccccc5)cc4)cc3)cc21.CC1(C)c2ccccc2-c2ccc(-c3ccc(N(c4ccc(-c5ccccc5)cc4)c4cc(-c5ccccc5)c5ccccc5c4)cc3)cc21. The first-order valence-corrected chi connectivity index (χ1v) is 35.9. The lowest BCUT2D eigenvalue weighted by Gasteiger charge is -2.27. The molecule has 2 aliphatic carbocycles. The van der Waals surface area contributed by atoms with Gasteiger partial charge >= 0.3 is 0 Å². The fourth-order valence-electron chi connectivity index (χ4n) is 15.4. The molecule has 1 nitrogen and oxygen atoms in total. The van der Waals surface area contributed by atoms with Crippen molar-refractivity contribution in [2.75, 3.05) is 4.90 Å². The molecule has 0 atom stereocenters. The van der Waals surface area contributed by atoms with Crippen molar-refractivity contribution < 1.29 is 0 Å². The molecule has 0 bridgehead atoms. The van der Waals surface area contributed by atoms with Crippen LogP contribution in [0.25, 0.3) is 111 Å². The molecule has 16 aromatic carbocycles. The van der Waals surface area contributed by atoms with Gasteiger partial charge in [-0.3, -0.25) is 0 Å². The highest BCUT2D eigenvalue weighted by molar-refractivity contribution is 9.10. The molecule has 0 saturated heterocycles. The minimum absolute atomic E-state index is 0.0306. The van der Waals surface area contributed by atoms with E-state index in [1.54, 1.807) is 0 Å². The van der Waals surface area contributed by atoms with Gasteiger partial charge in [-0.25, -0.2) is 0 Å². The second-order valence-corrected chi connectivity index (χ2v) is 28.6. The summed E-state index contributed by atoms with van der Waals surface area (Å²) in [6, 6.07) is 136. The van der Waals surface area contributed by atoms with Crippen LogP contribution in [0.4, 0.5) is 17.1 Å². The minimum atomic E-state index is -0.0306. The highest BCUT2D eigenvalue weighted by Gasteiger charge is 2.36. The van der Waals surface area contributed by atoms with E-state index in [2.05, 4.69) is 419 Å². The molecular weight excluding hydrogens is 1280 g/mol. The van der Waals surface area contributed by atoms with Gasteiger partial charge in [0, 0.05) is 32.4 Å². The predicted molar refractivity (Wildman–Crippen MR) is 434 cm³/mol. The van der Waals surface area contributed by atoms with Gasteiger partial charge < -0.3 is 4.90 Å². The normalized spacial score (nSPS) is 12.6. The molecule has 0 saturated carbocycles. The van der Waals surface area contributed by atoms with Gasteiger partial charge in [0.05, 0.1) is 0 Å². The molecule has 101 heavy (non-hydrogen) atoms. The lowest BCUT2D eigenvalue weighted by molar-refractivity contribution is 0.660. The Labute approximate surface area is 603 Å². The highest BCUT2D eigenvalue weighted by atomic mass is 79.9. The van der Waals surface area contributed by atoms with Gasteiger partial charge in [0.2, 0.25) is 0 Å². The van der Waals surface area contributed by atoms with Crippen molar-refractivity contribution in [1.82, 2.24) is 0 Å². The molecule has 0 fully saturated rings. The fourth-order valence-corrected chi connectivity index (χ4v) is 15.8. The van der Waals surface area contributed by atoms with Crippen LogP contribution in [0.1, 0.15) is 61.1 Å². The predicted octanol–water partition coefficient (Wildman–Crippen LogP) is 27.8. The zero-order chi connectivity index (χ0) is 68.4. The first-order valence-electron chi connectivity index (χ1n) is 35.1. The van der Waals surface area contributed by atoms with Crippen molar-refractivity contribution >= 4 is 54.5 Å². The van der Waals surface area contributed by atoms with Gasteiger partial charge in [-0.2, -0.15) is 0 Å². The Morgan fingerprint density at radius 1 is 0.228 bits per heavy atom. The fraction of sp³-hybridized carbons (Fsp3) is 0.0707. The molecule has 0 aliphatic heterocycles. The smallest absolute Gasteiger partial charge is 0.0474 e. The van der Waals surface area contributed by atoms with Crippen molar-refractivity contribution in [2.45, 2.75) is 44.9 Å². The molecule has 2 heteroatoms. The van der Waals surface area contributed by atoms with E-state index in [1.807, 2.05) is 6.07 Å². The molecule has 18 rings (SSSR count). The quantitative estimate of drug-likeness (QED) is 0.125. The van der Waals surface area contributed by atoms with Gasteiger partial charge in [-0.05, 0) is 211 Å². The van der Waals surface area contributed by atoms with Crippen molar-refractivity contribution in [2.24, 2.45) is 0 Å². The van der Waals surface area contributed by atoms with E-state index in [4.69, 9.17) is 0 Å². The Morgan fingerprint density at radius 2 is 0.545 bits per heavy atom. The Hall–Kier alpha value is -11.7. The van der Waals surface area contributed by atoms with Crippen LogP contribution >= 0.6 is 15.9 Å². The first-order chi connectivity index (χ1) is 49.5. The third kappa shape index (κ3) is 12.8. The van der Waals surface area contributed by atoms with Gasteiger partial charge in [-0.1, -0.05) is 359 Å². The summed E-state index contributed by atoms with van der Waals surface area (Å²) in [7, 11) is 0. The van der Waals surface area contributed by atoms with E-state index in [-0.39, 0.29) is 10.8 Å². The zero-order valence-corrected chi connectivity index (χ0v) is 58.9. The summed E-state index contributed by atoms with van der Waals surface area (Å²) in [5, 5.41) is 5.02. The third-order valence-corrected chi connectivity index (χ3v) is 21.2. The largest absolute Gasteiger partial charge is 0.310 e. The molecule has 0 radical (unpaired) electrons. The van der Waals surface area contributed by atoms with Crippen molar-refractivity contribution in [1.29, 1.82) is 0 Å². The molecule has 16 aromatic rings. The maximum absolute atomic E-state index is 3.58. The van der Waals surface area contributed by atoms with Gasteiger partial charge in [-0.15, -0.1) is 0 Å². The Morgan fingerprint density at radius 3 is 0.980 bits per heavy atom.